The highest BCUT2D eigenvalue weighted by atomic mass is 32.3. The summed E-state index contributed by atoms with van der Waals surface area (Å²) in [5, 5.41) is 5.24. The predicted octanol–water partition coefficient (Wildman–Crippen LogP) is 2.55. The van der Waals surface area contributed by atoms with Gasteiger partial charge in [0.05, 0.1) is 0 Å². The van der Waals surface area contributed by atoms with Gasteiger partial charge in [-0.2, -0.15) is 8.42 Å². The monoisotopic (exact) mass is 389 g/mol. The molecule has 2 aromatic rings. The molecule has 0 radical (unpaired) electrons. The number of fused-ring (bicyclic) bond motifs is 1. The van der Waals surface area contributed by atoms with Crippen LogP contribution in [0.5, 0.6) is 17.2 Å². The Morgan fingerprint density at radius 1 is 1.28 bits per heavy atom. The molecule has 1 aromatic heterocycles. The van der Waals surface area contributed by atoms with E-state index in [0.29, 0.717) is 5.75 Å². The average molecular weight is 389 g/mol. The van der Waals surface area contributed by atoms with E-state index < -0.39 is 10.4 Å². The zero-order valence-corrected chi connectivity index (χ0v) is 15.0. The summed E-state index contributed by atoms with van der Waals surface area (Å²) < 4.78 is 48.6. The first-order chi connectivity index (χ1) is 11.9. The zero-order valence-electron chi connectivity index (χ0n) is 13.4. The summed E-state index contributed by atoms with van der Waals surface area (Å²) in [6.45, 7) is 1.16. The van der Waals surface area contributed by atoms with Crippen LogP contribution in [0, 0.1) is 0 Å². The first-order valence-corrected chi connectivity index (χ1v) is 9.59. The average Bonchev–Trinajstić information content (AvgIpc) is 3.20. The van der Waals surface area contributed by atoms with E-state index in [2.05, 4.69) is 16.8 Å². The highest BCUT2D eigenvalue weighted by Gasteiger charge is 2.22. The minimum Gasteiger partial charge on any atom is -0.481 e. The Kier molecular flexibility index (Phi) is 7.02. The summed E-state index contributed by atoms with van der Waals surface area (Å²) in [6, 6.07) is 9.89. The second-order valence-electron chi connectivity index (χ2n) is 4.95. The molecule has 0 amide bonds. The van der Waals surface area contributed by atoms with Gasteiger partial charge in [0.25, 0.3) is 0 Å². The van der Waals surface area contributed by atoms with Gasteiger partial charge in [0.15, 0.2) is 11.5 Å². The van der Waals surface area contributed by atoms with Crippen LogP contribution in [0.15, 0.2) is 35.7 Å². The summed E-state index contributed by atoms with van der Waals surface area (Å²) in [5.74, 6) is 2.20. The summed E-state index contributed by atoms with van der Waals surface area (Å²) >= 11 is 1.71. The molecule has 138 valence electrons. The van der Waals surface area contributed by atoms with Crippen LogP contribution in [0.3, 0.4) is 0 Å². The minimum atomic E-state index is -4.67. The highest BCUT2D eigenvalue weighted by Crippen LogP contribution is 2.42. The summed E-state index contributed by atoms with van der Waals surface area (Å²) in [7, 11) is -2.72. The Morgan fingerprint density at radius 2 is 2.04 bits per heavy atom. The molecule has 0 aliphatic carbocycles. The van der Waals surface area contributed by atoms with Crippen LogP contribution < -0.4 is 19.5 Å². The Bertz CT molecular complexity index is 754. The molecule has 3 N–H and O–H groups in total. The molecular formula is C15H19NO7S2. The molecule has 1 aliphatic heterocycles. The SMILES string of the molecule is CNCC[C@H](Oc1cccc2c1OCO2)c1cccs1.O=S(=O)(O)O. The van der Waals surface area contributed by atoms with Crippen LogP contribution >= 0.6 is 11.3 Å². The number of rotatable bonds is 6. The van der Waals surface area contributed by atoms with Crippen molar-refractivity contribution in [2.45, 2.75) is 12.5 Å². The minimum absolute atomic E-state index is 0.0261. The van der Waals surface area contributed by atoms with Crippen LogP contribution in [0.4, 0.5) is 0 Å². The molecule has 0 saturated carbocycles. The maximum absolute atomic E-state index is 8.74. The molecule has 0 saturated heterocycles. The third-order valence-corrected chi connectivity index (χ3v) is 4.11. The van der Waals surface area contributed by atoms with Gasteiger partial charge in [-0.1, -0.05) is 12.1 Å². The topological polar surface area (TPSA) is 114 Å². The standard InChI is InChI=1S/C15H17NO3S.H2O4S/c1-16-8-7-11(14-6-3-9-20-14)19-13-5-2-4-12-15(13)18-10-17-12;1-5(2,3)4/h2-6,9,11,16H,7-8,10H2,1H3;(H2,1,2,3,4)/t11-;/m0./s1. The molecule has 2 heterocycles. The van der Waals surface area contributed by atoms with Gasteiger partial charge in [-0.3, -0.25) is 9.11 Å². The van der Waals surface area contributed by atoms with Crippen LogP contribution in [0.25, 0.3) is 0 Å². The number of benzene rings is 1. The van der Waals surface area contributed by atoms with E-state index in [9.17, 15) is 0 Å². The van der Waals surface area contributed by atoms with Crippen molar-refractivity contribution in [3.8, 4) is 17.2 Å². The van der Waals surface area contributed by atoms with E-state index in [0.717, 1.165) is 24.5 Å². The van der Waals surface area contributed by atoms with Gasteiger partial charge in [0.2, 0.25) is 12.5 Å². The zero-order chi connectivity index (χ0) is 18.3. The molecule has 1 atom stereocenters. The van der Waals surface area contributed by atoms with Gasteiger partial charge in [-0.15, -0.1) is 11.3 Å². The molecule has 1 aliphatic rings. The van der Waals surface area contributed by atoms with E-state index in [1.807, 2.05) is 31.3 Å². The molecule has 0 spiro atoms. The lowest BCUT2D eigenvalue weighted by atomic mass is 10.2. The quantitative estimate of drug-likeness (QED) is 0.646. The van der Waals surface area contributed by atoms with Gasteiger partial charge in [0.1, 0.15) is 6.10 Å². The van der Waals surface area contributed by atoms with Crippen LogP contribution in [-0.4, -0.2) is 37.9 Å². The lowest BCUT2D eigenvalue weighted by Gasteiger charge is -2.18. The van der Waals surface area contributed by atoms with Gasteiger partial charge < -0.3 is 19.5 Å². The van der Waals surface area contributed by atoms with E-state index in [-0.39, 0.29) is 12.9 Å². The Morgan fingerprint density at radius 3 is 2.68 bits per heavy atom. The van der Waals surface area contributed by atoms with Gasteiger partial charge in [0, 0.05) is 11.3 Å². The van der Waals surface area contributed by atoms with E-state index in [4.69, 9.17) is 31.7 Å². The highest BCUT2D eigenvalue weighted by molar-refractivity contribution is 7.79. The number of para-hydroxylation sites is 1. The number of nitrogens with one attached hydrogen (secondary N) is 1. The molecule has 3 rings (SSSR count). The normalized spacial score (nSPS) is 13.7. The second kappa shape index (κ2) is 9.02. The second-order valence-corrected chi connectivity index (χ2v) is 6.83. The van der Waals surface area contributed by atoms with E-state index in [1.165, 1.54) is 4.88 Å². The maximum Gasteiger partial charge on any atom is 0.394 e. The van der Waals surface area contributed by atoms with Gasteiger partial charge >= 0.3 is 10.4 Å². The van der Waals surface area contributed by atoms with Crippen molar-refractivity contribution in [2.24, 2.45) is 0 Å². The molecular weight excluding hydrogens is 370 g/mol. The maximum atomic E-state index is 8.74. The van der Waals surface area contributed by atoms with Crippen molar-refractivity contribution < 1.29 is 31.7 Å². The number of ether oxygens (including phenoxy) is 3. The van der Waals surface area contributed by atoms with Gasteiger partial charge in [-0.05, 0) is 37.2 Å². The Balaban J connectivity index is 0.000000399. The molecule has 0 unspecified atom stereocenters. The van der Waals surface area contributed by atoms with Crippen molar-refractivity contribution >= 4 is 21.7 Å². The molecule has 8 nitrogen and oxygen atoms in total. The van der Waals surface area contributed by atoms with E-state index in [1.54, 1.807) is 11.3 Å². The van der Waals surface area contributed by atoms with Crippen LogP contribution in [-0.2, 0) is 10.4 Å². The summed E-state index contributed by atoms with van der Waals surface area (Å²) in [5.41, 5.74) is 0. The Hall–Kier alpha value is -1.85. The Labute approximate surface area is 149 Å². The first kappa shape index (κ1) is 19.5. The molecule has 1 aromatic carbocycles. The number of hydrogen-bond donors (Lipinski definition) is 3. The van der Waals surface area contributed by atoms with Crippen molar-refractivity contribution in [2.75, 3.05) is 20.4 Å². The fourth-order valence-electron chi connectivity index (χ4n) is 2.16. The molecule has 25 heavy (non-hydrogen) atoms. The van der Waals surface area contributed by atoms with E-state index >= 15 is 0 Å². The third-order valence-electron chi connectivity index (χ3n) is 3.15. The lowest BCUT2D eigenvalue weighted by Crippen LogP contribution is -2.15. The van der Waals surface area contributed by atoms with Crippen molar-refractivity contribution in [1.82, 2.24) is 5.32 Å². The smallest absolute Gasteiger partial charge is 0.394 e. The first-order valence-electron chi connectivity index (χ1n) is 7.31. The third kappa shape index (κ3) is 6.52. The number of thiophene rings is 1. The lowest BCUT2D eigenvalue weighted by molar-refractivity contribution is 0.159. The van der Waals surface area contributed by atoms with Crippen molar-refractivity contribution in [3.63, 3.8) is 0 Å². The summed E-state index contributed by atoms with van der Waals surface area (Å²) in [6.07, 6.45) is 0.930. The largest absolute Gasteiger partial charge is 0.481 e. The van der Waals surface area contributed by atoms with Crippen LogP contribution in [0.1, 0.15) is 17.4 Å². The van der Waals surface area contributed by atoms with Crippen molar-refractivity contribution in [3.05, 3.63) is 40.6 Å². The molecule has 10 heteroatoms. The van der Waals surface area contributed by atoms with Crippen molar-refractivity contribution in [1.29, 1.82) is 0 Å². The molecule has 0 fully saturated rings. The fourth-order valence-corrected chi connectivity index (χ4v) is 2.95. The summed E-state index contributed by atoms with van der Waals surface area (Å²) in [4.78, 5) is 1.22. The molecule has 0 bridgehead atoms. The van der Waals surface area contributed by atoms with Crippen LogP contribution in [0.2, 0.25) is 0 Å². The number of hydrogen-bond acceptors (Lipinski definition) is 7. The predicted molar refractivity (Wildman–Crippen MR) is 93.0 cm³/mol. The fraction of sp³-hybridized carbons (Fsp3) is 0.333. The van der Waals surface area contributed by atoms with Gasteiger partial charge in [-0.25, -0.2) is 0 Å².